The summed E-state index contributed by atoms with van der Waals surface area (Å²) in [4.78, 5) is 4.28. The first-order valence-corrected chi connectivity index (χ1v) is 6.41. The fraction of sp³-hybridized carbons (Fsp3) is 0.312. The summed E-state index contributed by atoms with van der Waals surface area (Å²) in [5.74, 6) is 0. The number of aromatic nitrogens is 1. The van der Waals surface area contributed by atoms with Crippen LogP contribution < -0.4 is 0 Å². The number of hydrogen-bond acceptors (Lipinski definition) is 1. The zero-order chi connectivity index (χ0) is 14.7. The maximum Gasteiger partial charge on any atom is 0.416 e. The molecule has 0 aliphatic heterocycles. The van der Waals surface area contributed by atoms with E-state index in [0.29, 0.717) is 0 Å². The van der Waals surface area contributed by atoms with Gasteiger partial charge in [0.2, 0.25) is 0 Å². The molecule has 3 rings (SSSR count). The normalized spacial score (nSPS) is 15.9. The molecule has 0 saturated heterocycles. The summed E-state index contributed by atoms with van der Waals surface area (Å²) < 4.78 is 38.7. The molecule has 0 fully saturated rings. The largest absolute Gasteiger partial charge is 0.416 e. The van der Waals surface area contributed by atoms with Crippen molar-refractivity contribution in [2.45, 2.75) is 32.4 Å². The van der Waals surface area contributed by atoms with E-state index in [1.807, 2.05) is 26.8 Å². The van der Waals surface area contributed by atoms with Crippen LogP contribution in [0, 0.1) is 6.92 Å². The zero-order valence-corrected chi connectivity index (χ0v) is 11.5. The Morgan fingerprint density at radius 2 is 1.75 bits per heavy atom. The van der Waals surface area contributed by atoms with E-state index < -0.39 is 17.2 Å². The summed E-state index contributed by atoms with van der Waals surface area (Å²) >= 11 is 0. The minimum atomic E-state index is -4.31. The number of halogens is 3. The average molecular weight is 277 g/mol. The molecule has 4 heteroatoms. The van der Waals surface area contributed by atoms with Crippen LogP contribution in [0.25, 0.3) is 11.1 Å². The van der Waals surface area contributed by atoms with Crippen LogP contribution >= 0.6 is 0 Å². The molecule has 1 heterocycles. The van der Waals surface area contributed by atoms with Gasteiger partial charge in [-0.2, -0.15) is 13.2 Å². The smallest absolute Gasteiger partial charge is 0.261 e. The van der Waals surface area contributed by atoms with Gasteiger partial charge in [0.05, 0.1) is 5.56 Å². The summed E-state index contributed by atoms with van der Waals surface area (Å²) in [7, 11) is 0. The van der Waals surface area contributed by atoms with E-state index in [1.54, 1.807) is 12.3 Å². The van der Waals surface area contributed by atoms with Gasteiger partial charge in [-0.05, 0) is 47.4 Å². The van der Waals surface area contributed by atoms with Crippen LogP contribution in [-0.4, -0.2) is 4.98 Å². The van der Waals surface area contributed by atoms with Gasteiger partial charge in [-0.1, -0.05) is 19.9 Å². The number of nitrogens with zero attached hydrogens (tertiary/aromatic N) is 1. The van der Waals surface area contributed by atoms with Crippen molar-refractivity contribution >= 4 is 0 Å². The highest BCUT2D eigenvalue weighted by molar-refractivity contribution is 5.81. The third kappa shape index (κ3) is 1.67. The van der Waals surface area contributed by atoms with Crippen molar-refractivity contribution < 1.29 is 13.2 Å². The second-order valence-corrected chi connectivity index (χ2v) is 5.70. The topological polar surface area (TPSA) is 12.9 Å². The van der Waals surface area contributed by atoms with Gasteiger partial charge < -0.3 is 0 Å². The zero-order valence-electron chi connectivity index (χ0n) is 11.5. The van der Waals surface area contributed by atoms with Gasteiger partial charge in [-0.15, -0.1) is 0 Å². The fourth-order valence-electron chi connectivity index (χ4n) is 3.19. The summed E-state index contributed by atoms with van der Waals surface area (Å²) in [5.41, 5.74) is 3.44. The first kappa shape index (κ1) is 13.2. The molecule has 1 aromatic heterocycles. The molecule has 0 radical (unpaired) electrons. The molecule has 0 atom stereocenters. The second-order valence-electron chi connectivity index (χ2n) is 5.70. The maximum atomic E-state index is 12.9. The van der Waals surface area contributed by atoms with E-state index in [-0.39, 0.29) is 0 Å². The quantitative estimate of drug-likeness (QED) is 0.679. The van der Waals surface area contributed by atoms with Crippen LogP contribution in [0.15, 0.2) is 30.5 Å². The number of alkyl halides is 3. The number of benzene rings is 1. The molecular formula is C16H14F3N. The first-order valence-electron chi connectivity index (χ1n) is 6.41. The molecular weight excluding hydrogens is 263 g/mol. The van der Waals surface area contributed by atoms with Crippen molar-refractivity contribution in [3.8, 4) is 11.1 Å². The van der Waals surface area contributed by atoms with Crippen molar-refractivity contribution in [1.29, 1.82) is 0 Å². The Labute approximate surface area is 115 Å². The van der Waals surface area contributed by atoms with Gasteiger partial charge in [-0.25, -0.2) is 0 Å². The van der Waals surface area contributed by atoms with Gasteiger partial charge in [0.1, 0.15) is 0 Å². The molecule has 0 bridgehead atoms. The van der Waals surface area contributed by atoms with Gasteiger partial charge in [0.15, 0.2) is 0 Å². The molecule has 1 aliphatic carbocycles. The highest BCUT2D eigenvalue weighted by Crippen LogP contribution is 2.50. The van der Waals surface area contributed by atoms with Crippen molar-refractivity contribution in [2.75, 3.05) is 0 Å². The van der Waals surface area contributed by atoms with Crippen LogP contribution in [0.1, 0.15) is 36.2 Å². The molecule has 2 aromatic rings. The van der Waals surface area contributed by atoms with Crippen LogP contribution in [0.2, 0.25) is 0 Å². The second kappa shape index (κ2) is 3.84. The van der Waals surface area contributed by atoms with E-state index >= 15 is 0 Å². The van der Waals surface area contributed by atoms with Crippen LogP contribution in [-0.2, 0) is 11.6 Å². The van der Waals surface area contributed by atoms with E-state index in [0.717, 1.165) is 34.0 Å². The fourth-order valence-corrected chi connectivity index (χ4v) is 3.19. The lowest BCUT2D eigenvalue weighted by molar-refractivity contribution is -0.137. The lowest BCUT2D eigenvalue weighted by atomic mass is 9.81. The van der Waals surface area contributed by atoms with Crippen LogP contribution in [0.3, 0.4) is 0 Å². The molecule has 20 heavy (non-hydrogen) atoms. The van der Waals surface area contributed by atoms with E-state index in [4.69, 9.17) is 0 Å². The third-order valence-electron chi connectivity index (χ3n) is 4.08. The molecule has 0 N–H and O–H groups in total. The Hall–Kier alpha value is -1.84. The predicted molar refractivity (Wildman–Crippen MR) is 71.5 cm³/mol. The molecule has 1 aromatic carbocycles. The van der Waals surface area contributed by atoms with Gasteiger partial charge in [-0.3, -0.25) is 4.98 Å². The molecule has 0 saturated carbocycles. The molecule has 104 valence electrons. The maximum absolute atomic E-state index is 12.9. The minimum absolute atomic E-state index is 0.454. The van der Waals surface area contributed by atoms with Gasteiger partial charge in [0.25, 0.3) is 0 Å². The number of pyridine rings is 1. The Kier molecular flexibility index (Phi) is 2.53. The number of aryl methyl sites for hydroxylation is 1. The van der Waals surface area contributed by atoms with E-state index in [1.165, 1.54) is 6.07 Å². The molecule has 1 nitrogen and oxygen atoms in total. The Morgan fingerprint density at radius 1 is 1.05 bits per heavy atom. The molecule has 0 spiro atoms. The summed E-state index contributed by atoms with van der Waals surface area (Å²) in [5, 5.41) is 0. The van der Waals surface area contributed by atoms with E-state index in [2.05, 4.69) is 4.98 Å². The van der Waals surface area contributed by atoms with Crippen molar-refractivity contribution in [1.82, 2.24) is 4.98 Å². The Balaban J connectivity index is 2.30. The first-order chi connectivity index (χ1) is 9.23. The number of hydrogen-bond donors (Lipinski definition) is 0. The van der Waals surface area contributed by atoms with Crippen molar-refractivity contribution in [2.24, 2.45) is 0 Å². The lowest BCUT2D eigenvalue weighted by Crippen LogP contribution is -2.18. The Morgan fingerprint density at radius 3 is 2.40 bits per heavy atom. The predicted octanol–water partition coefficient (Wildman–Crippen LogP) is 4.72. The summed E-state index contributed by atoms with van der Waals surface area (Å²) in [6.07, 6.45) is -2.61. The molecule has 0 amide bonds. The minimum Gasteiger partial charge on any atom is -0.261 e. The molecule has 0 unspecified atom stereocenters. The van der Waals surface area contributed by atoms with E-state index in [9.17, 15) is 13.2 Å². The number of fused-ring (bicyclic) bond motifs is 3. The Bertz CT molecular complexity index is 699. The summed E-state index contributed by atoms with van der Waals surface area (Å²) in [6, 6.07) is 5.88. The highest BCUT2D eigenvalue weighted by Gasteiger charge is 2.39. The van der Waals surface area contributed by atoms with Crippen LogP contribution in [0.4, 0.5) is 13.2 Å². The number of rotatable bonds is 0. The lowest BCUT2D eigenvalue weighted by Gasteiger charge is -2.23. The standard InChI is InChI=1S/C16H14F3N/c1-9-14-12(6-7-20-9)11-5-4-10(16(17,18)19)8-13(11)15(14,2)3/h4-8H,1-3H3. The average Bonchev–Trinajstić information content (AvgIpc) is 2.58. The molecule has 1 aliphatic rings. The van der Waals surface area contributed by atoms with Crippen LogP contribution in [0.5, 0.6) is 0 Å². The van der Waals surface area contributed by atoms with Gasteiger partial charge >= 0.3 is 6.18 Å². The van der Waals surface area contributed by atoms with Crippen molar-refractivity contribution in [3.63, 3.8) is 0 Å². The highest BCUT2D eigenvalue weighted by atomic mass is 19.4. The van der Waals surface area contributed by atoms with Gasteiger partial charge in [0, 0.05) is 17.3 Å². The monoisotopic (exact) mass is 277 g/mol. The van der Waals surface area contributed by atoms with Crippen molar-refractivity contribution in [3.05, 3.63) is 52.8 Å². The summed E-state index contributed by atoms with van der Waals surface area (Å²) in [6.45, 7) is 5.80. The SMILES string of the molecule is Cc1nccc2c1C(C)(C)c1cc(C(F)(F)F)ccc1-2. The third-order valence-corrected chi connectivity index (χ3v) is 4.08.